The van der Waals surface area contributed by atoms with E-state index in [1.54, 1.807) is 19.9 Å². The molecule has 0 aliphatic carbocycles. The summed E-state index contributed by atoms with van der Waals surface area (Å²) in [5.41, 5.74) is 5.83. The predicted molar refractivity (Wildman–Crippen MR) is 94.7 cm³/mol. The van der Waals surface area contributed by atoms with Gasteiger partial charge < -0.3 is 15.8 Å². The summed E-state index contributed by atoms with van der Waals surface area (Å²) in [4.78, 5) is 12.0. The summed E-state index contributed by atoms with van der Waals surface area (Å²) in [6.45, 7) is 4.37. The van der Waals surface area contributed by atoms with Crippen LogP contribution in [0.1, 0.15) is 20.3 Å². The smallest absolute Gasteiger partial charge is 0.244 e. The first-order valence-electron chi connectivity index (χ1n) is 7.62. The minimum atomic E-state index is -3.72. The fourth-order valence-electron chi connectivity index (χ4n) is 2.16. The van der Waals surface area contributed by atoms with Gasteiger partial charge in [0.15, 0.2) is 0 Å². The van der Waals surface area contributed by atoms with Crippen LogP contribution in [0.15, 0.2) is 23.1 Å². The topological polar surface area (TPSA) is 102 Å². The van der Waals surface area contributed by atoms with Crippen LogP contribution in [0.2, 0.25) is 5.02 Å². The van der Waals surface area contributed by atoms with Crippen LogP contribution in [-0.4, -0.2) is 51.5 Å². The van der Waals surface area contributed by atoms with Crippen molar-refractivity contribution >= 4 is 33.2 Å². The summed E-state index contributed by atoms with van der Waals surface area (Å²) in [5.74, 6) is -0.319. The molecule has 0 saturated heterocycles. The molecule has 0 heterocycles. The van der Waals surface area contributed by atoms with Crippen LogP contribution >= 0.6 is 11.6 Å². The predicted octanol–water partition coefficient (Wildman–Crippen LogP) is 1.67. The maximum atomic E-state index is 12.6. The largest absolute Gasteiger partial charge is 0.380 e. The summed E-state index contributed by atoms with van der Waals surface area (Å²) in [6.07, 6.45) is -0.315. The highest BCUT2D eigenvalue weighted by atomic mass is 35.5. The number of carbonyl (C=O) groups is 1. The standard InChI is InChI=1S/C15H24ClN3O4S/c1-4-19(5-2)24(21,22)14-8-11(6-7-13(14)16)18-15(20)9-12(10-17)23-3/h6-8,12H,4-5,9-10,17H2,1-3H3,(H,18,20). The highest BCUT2D eigenvalue weighted by molar-refractivity contribution is 7.89. The molecular weight excluding hydrogens is 354 g/mol. The number of carbonyl (C=O) groups excluding carboxylic acids is 1. The number of amides is 1. The second-order valence-corrected chi connectivity index (χ2v) is 7.39. The Balaban J connectivity index is 3.04. The molecule has 7 nitrogen and oxygen atoms in total. The van der Waals surface area contributed by atoms with Crippen LogP contribution in [0, 0.1) is 0 Å². The number of hydrogen-bond donors (Lipinski definition) is 2. The molecule has 1 aromatic rings. The van der Waals surface area contributed by atoms with E-state index in [0.29, 0.717) is 18.8 Å². The fraction of sp³-hybridized carbons (Fsp3) is 0.533. The second kappa shape index (κ2) is 9.33. The maximum Gasteiger partial charge on any atom is 0.244 e. The van der Waals surface area contributed by atoms with E-state index >= 15 is 0 Å². The van der Waals surface area contributed by atoms with Crippen molar-refractivity contribution in [1.82, 2.24) is 4.31 Å². The first-order chi connectivity index (χ1) is 11.3. The van der Waals surface area contributed by atoms with Crippen molar-refractivity contribution < 1.29 is 17.9 Å². The molecule has 0 fully saturated rings. The van der Waals surface area contributed by atoms with Gasteiger partial charge in [-0.25, -0.2) is 8.42 Å². The number of hydrogen-bond acceptors (Lipinski definition) is 5. The molecular formula is C15H24ClN3O4S. The van der Waals surface area contributed by atoms with E-state index in [1.807, 2.05) is 0 Å². The number of methoxy groups -OCH3 is 1. The van der Waals surface area contributed by atoms with E-state index in [9.17, 15) is 13.2 Å². The van der Waals surface area contributed by atoms with Gasteiger partial charge >= 0.3 is 0 Å². The van der Waals surface area contributed by atoms with E-state index in [2.05, 4.69) is 5.32 Å². The van der Waals surface area contributed by atoms with Gasteiger partial charge in [0.2, 0.25) is 15.9 Å². The van der Waals surface area contributed by atoms with Gasteiger partial charge in [-0.15, -0.1) is 0 Å². The van der Waals surface area contributed by atoms with Gasteiger partial charge in [0.1, 0.15) is 4.90 Å². The lowest BCUT2D eigenvalue weighted by molar-refractivity contribution is -0.118. The lowest BCUT2D eigenvalue weighted by Gasteiger charge is -2.20. The molecule has 3 N–H and O–H groups in total. The molecule has 0 aliphatic rings. The number of benzene rings is 1. The number of ether oxygens (including phenoxy) is 1. The number of nitrogens with zero attached hydrogens (tertiary/aromatic N) is 1. The summed E-state index contributed by atoms with van der Waals surface area (Å²) in [6, 6.07) is 4.36. The number of halogens is 1. The van der Waals surface area contributed by atoms with Crippen LogP contribution in [0.25, 0.3) is 0 Å². The third-order valence-electron chi connectivity index (χ3n) is 3.55. The summed E-state index contributed by atoms with van der Waals surface area (Å²) in [7, 11) is -2.24. The van der Waals surface area contributed by atoms with Gasteiger partial charge in [0, 0.05) is 32.4 Å². The quantitative estimate of drug-likeness (QED) is 0.681. The molecule has 0 bridgehead atoms. The summed E-state index contributed by atoms with van der Waals surface area (Å²) < 4.78 is 31.6. The Bertz CT molecular complexity index is 659. The number of sulfonamides is 1. The molecule has 1 atom stereocenters. The molecule has 0 saturated carbocycles. The highest BCUT2D eigenvalue weighted by Gasteiger charge is 2.25. The Morgan fingerprint density at radius 1 is 1.38 bits per heavy atom. The Kier molecular flexibility index (Phi) is 8.11. The fourth-order valence-corrected chi connectivity index (χ4v) is 4.12. The molecule has 1 amide bonds. The molecule has 1 aromatic carbocycles. The average Bonchev–Trinajstić information content (AvgIpc) is 2.55. The minimum absolute atomic E-state index is 0.0345. The van der Waals surface area contributed by atoms with Gasteiger partial charge in [-0.05, 0) is 18.2 Å². The molecule has 0 aliphatic heterocycles. The molecule has 1 rings (SSSR count). The molecule has 24 heavy (non-hydrogen) atoms. The van der Waals surface area contributed by atoms with Crippen molar-refractivity contribution in [3.05, 3.63) is 23.2 Å². The van der Waals surface area contributed by atoms with Crippen molar-refractivity contribution in [1.29, 1.82) is 0 Å². The molecule has 0 radical (unpaired) electrons. The van der Waals surface area contributed by atoms with Crippen molar-refractivity contribution in [3.8, 4) is 0 Å². The molecule has 9 heteroatoms. The van der Waals surface area contributed by atoms with E-state index in [-0.39, 0.29) is 28.8 Å². The van der Waals surface area contributed by atoms with Crippen molar-refractivity contribution in [2.75, 3.05) is 32.1 Å². The van der Waals surface area contributed by atoms with Crippen LogP contribution in [0.5, 0.6) is 0 Å². The second-order valence-electron chi connectivity index (χ2n) is 5.08. The number of nitrogens with two attached hydrogens (primary N) is 1. The molecule has 1 unspecified atom stereocenters. The molecule has 136 valence electrons. The van der Waals surface area contributed by atoms with Gasteiger partial charge in [-0.1, -0.05) is 25.4 Å². The zero-order valence-electron chi connectivity index (χ0n) is 14.1. The van der Waals surface area contributed by atoms with E-state index in [4.69, 9.17) is 22.1 Å². The summed E-state index contributed by atoms with van der Waals surface area (Å²) >= 11 is 6.05. The van der Waals surface area contributed by atoms with Crippen molar-refractivity contribution in [3.63, 3.8) is 0 Å². The van der Waals surface area contributed by atoms with Gasteiger partial charge in [-0.2, -0.15) is 4.31 Å². The Morgan fingerprint density at radius 2 is 2.00 bits per heavy atom. The number of nitrogens with one attached hydrogen (secondary N) is 1. The first kappa shape index (κ1) is 20.9. The van der Waals surface area contributed by atoms with Crippen LogP contribution in [0.4, 0.5) is 5.69 Å². The Morgan fingerprint density at radius 3 is 2.50 bits per heavy atom. The summed E-state index contributed by atoms with van der Waals surface area (Å²) in [5, 5.41) is 2.75. The van der Waals surface area contributed by atoms with Crippen molar-refractivity contribution in [2.45, 2.75) is 31.3 Å². The Hall–Kier alpha value is -1.19. The minimum Gasteiger partial charge on any atom is -0.380 e. The highest BCUT2D eigenvalue weighted by Crippen LogP contribution is 2.27. The first-order valence-corrected chi connectivity index (χ1v) is 9.44. The van der Waals surface area contributed by atoms with Gasteiger partial charge in [0.25, 0.3) is 0 Å². The average molecular weight is 378 g/mol. The van der Waals surface area contributed by atoms with Crippen LogP contribution < -0.4 is 11.1 Å². The van der Waals surface area contributed by atoms with Crippen LogP contribution in [-0.2, 0) is 19.6 Å². The zero-order chi connectivity index (χ0) is 18.3. The maximum absolute atomic E-state index is 12.6. The molecule has 0 spiro atoms. The van der Waals surface area contributed by atoms with E-state index < -0.39 is 16.1 Å². The van der Waals surface area contributed by atoms with E-state index in [0.717, 1.165) is 0 Å². The Labute approximate surface area is 148 Å². The molecule has 0 aromatic heterocycles. The normalized spacial score (nSPS) is 13.1. The third kappa shape index (κ3) is 5.15. The zero-order valence-corrected chi connectivity index (χ0v) is 15.7. The van der Waals surface area contributed by atoms with Gasteiger partial charge in [-0.3, -0.25) is 4.79 Å². The number of rotatable bonds is 9. The number of anilines is 1. The van der Waals surface area contributed by atoms with Gasteiger partial charge in [0.05, 0.1) is 17.5 Å². The lowest BCUT2D eigenvalue weighted by atomic mass is 10.2. The third-order valence-corrected chi connectivity index (χ3v) is 6.08. The lowest BCUT2D eigenvalue weighted by Crippen LogP contribution is -2.31. The monoisotopic (exact) mass is 377 g/mol. The van der Waals surface area contributed by atoms with Crippen molar-refractivity contribution in [2.24, 2.45) is 5.73 Å². The van der Waals surface area contributed by atoms with Crippen LogP contribution in [0.3, 0.4) is 0 Å². The SMILES string of the molecule is CCN(CC)S(=O)(=O)c1cc(NC(=O)CC(CN)OC)ccc1Cl. The van der Waals surface area contributed by atoms with E-state index in [1.165, 1.54) is 23.5 Å².